The van der Waals surface area contributed by atoms with Crippen LogP contribution in [0.1, 0.15) is 30.1 Å². The van der Waals surface area contributed by atoms with Crippen LogP contribution in [0.25, 0.3) is 0 Å². The molecule has 0 saturated carbocycles. The maximum atomic E-state index is 12.9. The first-order chi connectivity index (χ1) is 13.1. The fourth-order valence-electron chi connectivity index (χ4n) is 3.48. The molecule has 3 aromatic rings. The first-order valence-electron chi connectivity index (χ1n) is 9.05. The quantitative estimate of drug-likeness (QED) is 0.654. The van der Waals surface area contributed by atoms with Crippen molar-refractivity contribution >= 4 is 10.0 Å². The summed E-state index contributed by atoms with van der Waals surface area (Å²) in [7, 11) is -3.50. The summed E-state index contributed by atoms with van der Waals surface area (Å²) in [6.07, 6.45) is 2.68. The number of benzene rings is 2. The zero-order valence-electron chi connectivity index (χ0n) is 14.9. The molecule has 4 rings (SSSR count). The van der Waals surface area contributed by atoms with Gasteiger partial charge in [0.2, 0.25) is 15.9 Å². The molecular formula is C20H21N3O3S. The Morgan fingerprint density at radius 1 is 1.04 bits per heavy atom. The van der Waals surface area contributed by atoms with Crippen LogP contribution >= 0.6 is 0 Å². The molecular weight excluding hydrogens is 362 g/mol. The van der Waals surface area contributed by atoms with Gasteiger partial charge in [0.15, 0.2) is 5.82 Å². The third kappa shape index (κ3) is 3.94. The molecule has 27 heavy (non-hydrogen) atoms. The lowest BCUT2D eigenvalue weighted by Gasteiger charge is -2.23. The lowest BCUT2D eigenvalue weighted by Crippen LogP contribution is -2.37. The molecule has 1 unspecified atom stereocenters. The van der Waals surface area contributed by atoms with E-state index >= 15 is 0 Å². The van der Waals surface area contributed by atoms with Crippen LogP contribution in [0, 0.1) is 0 Å². The van der Waals surface area contributed by atoms with Crippen LogP contribution in [0.5, 0.6) is 0 Å². The highest BCUT2D eigenvalue weighted by molar-refractivity contribution is 7.89. The van der Waals surface area contributed by atoms with Gasteiger partial charge in [-0.15, -0.1) is 0 Å². The highest BCUT2D eigenvalue weighted by Crippen LogP contribution is 2.27. The Morgan fingerprint density at radius 2 is 1.74 bits per heavy atom. The molecule has 0 bridgehead atoms. The van der Waals surface area contributed by atoms with Gasteiger partial charge >= 0.3 is 0 Å². The summed E-state index contributed by atoms with van der Waals surface area (Å²) in [5, 5.41) is 4.06. The summed E-state index contributed by atoms with van der Waals surface area (Å²) >= 11 is 0. The SMILES string of the molecule is O=S(=O)(c1ccccc1)N1CCCC1Cc1noc(Cc2ccccc2)n1. The smallest absolute Gasteiger partial charge is 0.243 e. The molecule has 0 radical (unpaired) electrons. The molecule has 0 N–H and O–H groups in total. The number of rotatable bonds is 6. The van der Waals surface area contributed by atoms with E-state index in [2.05, 4.69) is 10.1 Å². The van der Waals surface area contributed by atoms with Crippen molar-refractivity contribution in [1.82, 2.24) is 14.4 Å². The van der Waals surface area contributed by atoms with E-state index < -0.39 is 10.0 Å². The minimum absolute atomic E-state index is 0.141. The van der Waals surface area contributed by atoms with Crippen molar-refractivity contribution in [2.45, 2.75) is 36.6 Å². The van der Waals surface area contributed by atoms with Gasteiger partial charge in [-0.3, -0.25) is 0 Å². The van der Waals surface area contributed by atoms with Crippen molar-refractivity contribution in [3.63, 3.8) is 0 Å². The van der Waals surface area contributed by atoms with Crippen LogP contribution in [0.3, 0.4) is 0 Å². The van der Waals surface area contributed by atoms with Crippen molar-refractivity contribution in [2.24, 2.45) is 0 Å². The Morgan fingerprint density at radius 3 is 2.48 bits per heavy atom. The Balaban J connectivity index is 1.48. The van der Waals surface area contributed by atoms with E-state index in [1.54, 1.807) is 28.6 Å². The Kier molecular flexibility index (Phi) is 5.05. The largest absolute Gasteiger partial charge is 0.339 e. The number of hydrogen-bond donors (Lipinski definition) is 0. The number of aromatic nitrogens is 2. The summed E-state index contributed by atoms with van der Waals surface area (Å²) < 4.78 is 32.8. The van der Waals surface area contributed by atoms with Gasteiger partial charge in [-0.25, -0.2) is 8.42 Å². The van der Waals surface area contributed by atoms with Crippen LogP contribution < -0.4 is 0 Å². The Labute approximate surface area is 158 Å². The molecule has 2 aromatic carbocycles. The van der Waals surface area contributed by atoms with E-state index in [1.165, 1.54) is 0 Å². The lowest BCUT2D eigenvalue weighted by atomic mass is 10.1. The molecule has 1 atom stereocenters. The second-order valence-electron chi connectivity index (χ2n) is 6.70. The molecule has 140 valence electrons. The molecule has 2 heterocycles. The predicted octanol–water partition coefficient (Wildman–Crippen LogP) is 3.06. The van der Waals surface area contributed by atoms with Crippen molar-refractivity contribution in [3.05, 3.63) is 77.9 Å². The fraction of sp³-hybridized carbons (Fsp3) is 0.300. The maximum Gasteiger partial charge on any atom is 0.243 e. The van der Waals surface area contributed by atoms with Crippen molar-refractivity contribution < 1.29 is 12.9 Å². The van der Waals surface area contributed by atoms with E-state index in [0.717, 1.165) is 18.4 Å². The molecule has 0 aliphatic carbocycles. The standard InChI is InChI=1S/C20H21N3O3S/c24-27(25,18-11-5-2-6-12-18)23-13-7-10-17(23)15-19-21-20(26-22-19)14-16-8-3-1-4-9-16/h1-6,8-9,11-12,17H,7,10,13-15H2. The average Bonchev–Trinajstić information content (AvgIpc) is 3.33. The molecule has 0 amide bonds. The first-order valence-corrected chi connectivity index (χ1v) is 10.5. The Bertz CT molecular complexity index is 988. The molecule has 1 saturated heterocycles. The zero-order valence-corrected chi connectivity index (χ0v) is 15.7. The summed E-state index contributed by atoms with van der Waals surface area (Å²) in [6, 6.07) is 18.4. The third-order valence-electron chi connectivity index (χ3n) is 4.80. The topological polar surface area (TPSA) is 76.3 Å². The third-order valence-corrected chi connectivity index (χ3v) is 6.77. The normalized spacial score (nSPS) is 18.0. The predicted molar refractivity (Wildman–Crippen MR) is 101 cm³/mol. The zero-order chi connectivity index (χ0) is 18.7. The molecule has 6 nitrogen and oxygen atoms in total. The molecule has 1 aromatic heterocycles. The van der Waals surface area contributed by atoms with Crippen LogP contribution in [-0.4, -0.2) is 35.5 Å². The van der Waals surface area contributed by atoms with E-state index in [-0.39, 0.29) is 6.04 Å². The molecule has 1 aliphatic rings. The highest BCUT2D eigenvalue weighted by atomic mass is 32.2. The summed E-state index contributed by atoms with van der Waals surface area (Å²) in [6.45, 7) is 0.524. The van der Waals surface area contributed by atoms with Crippen molar-refractivity contribution in [2.75, 3.05) is 6.54 Å². The van der Waals surface area contributed by atoms with E-state index in [4.69, 9.17) is 4.52 Å². The number of hydrogen-bond acceptors (Lipinski definition) is 5. The molecule has 1 fully saturated rings. The highest BCUT2D eigenvalue weighted by Gasteiger charge is 2.36. The van der Waals surface area contributed by atoms with Gasteiger partial charge in [-0.1, -0.05) is 53.7 Å². The van der Waals surface area contributed by atoms with Crippen LogP contribution in [-0.2, 0) is 22.9 Å². The minimum Gasteiger partial charge on any atom is -0.339 e. The number of sulfonamides is 1. The second-order valence-corrected chi connectivity index (χ2v) is 8.59. The van der Waals surface area contributed by atoms with Gasteiger partial charge in [-0.05, 0) is 30.5 Å². The Hall–Kier alpha value is -2.51. The van der Waals surface area contributed by atoms with Crippen LogP contribution in [0.4, 0.5) is 0 Å². The first kappa shape index (κ1) is 17.9. The van der Waals surface area contributed by atoms with Gasteiger partial charge in [-0.2, -0.15) is 9.29 Å². The molecule has 7 heteroatoms. The summed E-state index contributed by atoms with van der Waals surface area (Å²) in [5.41, 5.74) is 1.10. The summed E-state index contributed by atoms with van der Waals surface area (Å²) in [5.74, 6) is 1.10. The van der Waals surface area contributed by atoms with E-state index in [1.807, 2.05) is 36.4 Å². The van der Waals surface area contributed by atoms with Crippen molar-refractivity contribution in [3.8, 4) is 0 Å². The van der Waals surface area contributed by atoms with Gasteiger partial charge in [0.05, 0.1) is 11.3 Å². The van der Waals surface area contributed by atoms with Gasteiger partial charge < -0.3 is 4.52 Å². The summed E-state index contributed by atoms with van der Waals surface area (Å²) in [4.78, 5) is 4.79. The molecule has 1 aliphatic heterocycles. The van der Waals surface area contributed by atoms with Gasteiger partial charge in [0.25, 0.3) is 0 Å². The minimum atomic E-state index is -3.50. The van der Waals surface area contributed by atoms with Gasteiger partial charge in [0, 0.05) is 19.0 Å². The maximum absolute atomic E-state index is 12.9. The van der Waals surface area contributed by atoms with Gasteiger partial charge in [0.1, 0.15) is 0 Å². The van der Waals surface area contributed by atoms with Crippen LogP contribution in [0.15, 0.2) is 70.1 Å². The fourth-order valence-corrected chi connectivity index (χ4v) is 5.20. The number of nitrogens with zero attached hydrogens (tertiary/aromatic N) is 3. The van der Waals surface area contributed by atoms with Crippen molar-refractivity contribution in [1.29, 1.82) is 0 Å². The lowest BCUT2D eigenvalue weighted by molar-refractivity contribution is 0.359. The average molecular weight is 383 g/mol. The second kappa shape index (κ2) is 7.62. The molecule has 0 spiro atoms. The van der Waals surface area contributed by atoms with E-state index in [0.29, 0.717) is 36.0 Å². The van der Waals surface area contributed by atoms with E-state index in [9.17, 15) is 8.42 Å². The monoisotopic (exact) mass is 383 g/mol. The van der Waals surface area contributed by atoms with Crippen LogP contribution in [0.2, 0.25) is 0 Å².